The second-order valence-corrected chi connectivity index (χ2v) is 9.73. The molecule has 36 heavy (non-hydrogen) atoms. The average Bonchev–Trinajstić information content (AvgIpc) is 2.88. The summed E-state index contributed by atoms with van der Waals surface area (Å²) in [5.74, 6) is -0.0579. The van der Waals surface area contributed by atoms with Crippen LogP contribution in [-0.2, 0) is 9.53 Å². The van der Waals surface area contributed by atoms with E-state index in [0.29, 0.717) is 37.0 Å². The average molecular weight is 505 g/mol. The van der Waals surface area contributed by atoms with Gasteiger partial charge in [-0.1, -0.05) is 29.8 Å². The van der Waals surface area contributed by atoms with E-state index in [-0.39, 0.29) is 23.9 Å². The number of nitrogens with one attached hydrogen (secondary N) is 1. The van der Waals surface area contributed by atoms with Crippen molar-refractivity contribution in [2.45, 2.75) is 32.4 Å². The van der Waals surface area contributed by atoms with Crippen LogP contribution in [0.2, 0.25) is 5.02 Å². The maximum absolute atomic E-state index is 12.8. The van der Waals surface area contributed by atoms with E-state index in [1.807, 2.05) is 47.4 Å². The SMILES string of the molecule is CC(=O)N1c2ccc(-c3ccc(C(=O)N4CCOCC4)nc3)cc2[C@H](Nc2cccc(Cl)c2)C[C@@H]1C. The number of carbonyl (C=O) groups excluding carboxylic acids is 2. The minimum Gasteiger partial charge on any atom is -0.378 e. The number of nitrogens with zero attached hydrogens (tertiary/aromatic N) is 3. The van der Waals surface area contributed by atoms with Crippen LogP contribution >= 0.6 is 11.6 Å². The second kappa shape index (κ2) is 10.3. The Kier molecular flexibility index (Phi) is 6.94. The number of anilines is 2. The molecule has 2 aliphatic heterocycles. The fraction of sp³-hybridized carbons (Fsp3) is 0.321. The Hall–Kier alpha value is -3.42. The van der Waals surface area contributed by atoms with E-state index in [2.05, 4.69) is 23.3 Å². The fourth-order valence-electron chi connectivity index (χ4n) is 5.06. The van der Waals surface area contributed by atoms with Crippen molar-refractivity contribution < 1.29 is 14.3 Å². The van der Waals surface area contributed by atoms with Crippen LogP contribution in [0.3, 0.4) is 0 Å². The van der Waals surface area contributed by atoms with Crippen molar-refractivity contribution in [2.24, 2.45) is 0 Å². The Bertz CT molecular complexity index is 1270. The van der Waals surface area contributed by atoms with Crippen LogP contribution in [0, 0.1) is 0 Å². The molecular weight excluding hydrogens is 476 g/mol. The number of ether oxygens (including phenoxy) is 1. The van der Waals surface area contributed by atoms with Gasteiger partial charge in [0, 0.05) is 54.2 Å². The summed E-state index contributed by atoms with van der Waals surface area (Å²) >= 11 is 6.21. The molecule has 0 aliphatic carbocycles. The maximum Gasteiger partial charge on any atom is 0.272 e. The maximum atomic E-state index is 12.8. The largest absolute Gasteiger partial charge is 0.378 e. The first-order chi connectivity index (χ1) is 17.4. The summed E-state index contributed by atoms with van der Waals surface area (Å²) in [5, 5.41) is 4.28. The highest BCUT2D eigenvalue weighted by Crippen LogP contribution is 2.41. The third-order valence-corrected chi connectivity index (χ3v) is 7.03. The molecule has 1 aromatic heterocycles. The minimum atomic E-state index is -0.0767. The van der Waals surface area contributed by atoms with E-state index in [9.17, 15) is 9.59 Å². The summed E-state index contributed by atoms with van der Waals surface area (Å²) in [4.78, 5) is 33.4. The van der Waals surface area contributed by atoms with Crippen LogP contribution in [0.25, 0.3) is 11.1 Å². The van der Waals surface area contributed by atoms with Gasteiger partial charge in [-0.15, -0.1) is 0 Å². The molecule has 5 rings (SSSR count). The Morgan fingerprint density at radius 2 is 1.83 bits per heavy atom. The molecule has 3 heterocycles. The quantitative estimate of drug-likeness (QED) is 0.530. The highest BCUT2D eigenvalue weighted by molar-refractivity contribution is 6.30. The van der Waals surface area contributed by atoms with Crippen molar-refractivity contribution in [3.05, 3.63) is 77.1 Å². The predicted octanol–water partition coefficient (Wildman–Crippen LogP) is 5.17. The standard InChI is InChI=1S/C28H29ClN4O3/c1-18-14-26(31-23-5-3-4-22(29)16-23)24-15-20(7-9-27(24)33(18)19(2)34)21-6-8-25(30-17-21)28(35)32-10-12-36-13-11-32/h3-9,15-18,26,31H,10-14H2,1-2H3/t18-,26+/m0/s1. The van der Waals surface area contributed by atoms with Crippen molar-refractivity contribution in [1.29, 1.82) is 0 Å². The van der Waals surface area contributed by atoms with Gasteiger partial charge in [0.2, 0.25) is 5.91 Å². The third kappa shape index (κ3) is 4.94. The molecule has 8 heteroatoms. The van der Waals surface area contributed by atoms with Gasteiger partial charge in [-0.25, -0.2) is 0 Å². The lowest BCUT2D eigenvalue weighted by Crippen LogP contribution is -2.43. The Morgan fingerprint density at radius 3 is 2.53 bits per heavy atom. The van der Waals surface area contributed by atoms with Gasteiger partial charge < -0.3 is 19.9 Å². The van der Waals surface area contributed by atoms with Gasteiger partial charge in [0.1, 0.15) is 5.69 Å². The van der Waals surface area contributed by atoms with Crippen LogP contribution in [0.4, 0.5) is 11.4 Å². The van der Waals surface area contributed by atoms with E-state index in [4.69, 9.17) is 16.3 Å². The summed E-state index contributed by atoms with van der Waals surface area (Å²) in [5.41, 5.74) is 5.18. The zero-order valence-corrected chi connectivity index (χ0v) is 21.2. The summed E-state index contributed by atoms with van der Waals surface area (Å²) in [6.45, 7) is 5.95. The molecule has 1 saturated heterocycles. The van der Waals surface area contributed by atoms with Crippen LogP contribution < -0.4 is 10.2 Å². The summed E-state index contributed by atoms with van der Waals surface area (Å²) in [7, 11) is 0. The molecule has 3 aromatic rings. The molecule has 186 valence electrons. The van der Waals surface area contributed by atoms with Crippen LogP contribution in [-0.4, -0.2) is 54.0 Å². The van der Waals surface area contributed by atoms with Gasteiger partial charge in [0.25, 0.3) is 5.91 Å². The lowest BCUT2D eigenvalue weighted by atomic mass is 9.89. The molecule has 0 spiro atoms. The van der Waals surface area contributed by atoms with Gasteiger partial charge in [0.15, 0.2) is 0 Å². The zero-order chi connectivity index (χ0) is 25.2. The van der Waals surface area contributed by atoms with Gasteiger partial charge in [0.05, 0.1) is 19.3 Å². The number of hydrogen-bond acceptors (Lipinski definition) is 5. The first-order valence-electron chi connectivity index (χ1n) is 12.2. The molecule has 2 amide bonds. The van der Waals surface area contributed by atoms with Crippen molar-refractivity contribution in [3.8, 4) is 11.1 Å². The molecule has 0 bridgehead atoms. The van der Waals surface area contributed by atoms with E-state index >= 15 is 0 Å². The summed E-state index contributed by atoms with van der Waals surface area (Å²) in [6.07, 6.45) is 2.50. The van der Waals surface area contributed by atoms with Gasteiger partial charge in [-0.3, -0.25) is 14.6 Å². The molecule has 2 atom stereocenters. The molecule has 0 saturated carbocycles. The van der Waals surface area contributed by atoms with Crippen molar-refractivity contribution in [2.75, 3.05) is 36.5 Å². The highest BCUT2D eigenvalue weighted by atomic mass is 35.5. The predicted molar refractivity (Wildman–Crippen MR) is 141 cm³/mol. The number of hydrogen-bond donors (Lipinski definition) is 1. The number of carbonyl (C=O) groups is 2. The third-order valence-electron chi connectivity index (χ3n) is 6.80. The normalized spacial score (nSPS) is 19.5. The Balaban J connectivity index is 1.46. The molecule has 0 radical (unpaired) electrons. The molecular formula is C28H29ClN4O3. The number of morpholine rings is 1. The lowest BCUT2D eigenvalue weighted by Gasteiger charge is -2.39. The van der Waals surface area contributed by atoms with Gasteiger partial charge >= 0.3 is 0 Å². The number of rotatable bonds is 4. The highest BCUT2D eigenvalue weighted by Gasteiger charge is 2.32. The zero-order valence-electron chi connectivity index (χ0n) is 20.4. The van der Waals surface area contributed by atoms with Gasteiger partial charge in [-0.2, -0.15) is 0 Å². The smallest absolute Gasteiger partial charge is 0.272 e. The number of fused-ring (bicyclic) bond motifs is 1. The van der Waals surface area contributed by atoms with Crippen molar-refractivity contribution in [1.82, 2.24) is 9.88 Å². The molecule has 0 unspecified atom stereocenters. The van der Waals surface area contributed by atoms with Crippen molar-refractivity contribution in [3.63, 3.8) is 0 Å². The number of amides is 2. The molecule has 1 fully saturated rings. The number of halogens is 1. The minimum absolute atomic E-state index is 0.000790. The molecule has 2 aliphatic rings. The second-order valence-electron chi connectivity index (χ2n) is 9.29. The van der Waals surface area contributed by atoms with Crippen LogP contribution in [0.5, 0.6) is 0 Å². The summed E-state index contributed by atoms with van der Waals surface area (Å²) in [6, 6.07) is 17.5. The molecule has 1 N–H and O–H groups in total. The van der Waals surface area contributed by atoms with Crippen LogP contribution in [0.1, 0.15) is 42.4 Å². The number of pyridine rings is 1. The van der Waals surface area contributed by atoms with E-state index in [1.165, 1.54) is 0 Å². The van der Waals surface area contributed by atoms with Crippen molar-refractivity contribution >= 4 is 34.8 Å². The first-order valence-corrected chi connectivity index (χ1v) is 12.6. The molecule has 2 aromatic carbocycles. The first kappa shape index (κ1) is 24.3. The van der Waals surface area contributed by atoms with Gasteiger partial charge in [-0.05, 0) is 60.9 Å². The van der Waals surface area contributed by atoms with E-state index < -0.39 is 0 Å². The monoisotopic (exact) mass is 504 g/mol. The van der Waals surface area contributed by atoms with Crippen LogP contribution in [0.15, 0.2) is 60.8 Å². The number of aromatic nitrogens is 1. The number of benzene rings is 2. The lowest BCUT2D eigenvalue weighted by molar-refractivity contribution is -0.117. The Morgan fingerprint density at radius 1 is 1.06 bits per heavy atom. The fourth-order valence-corrected chi connectivity index (χ4v) is 5.25. The molecule has 7 nitrogen and oxygen atoms in total. The van der Waals surface area contributed by atoms with E-state index in [0.717, 1.165) is 34.5 Å². The topological polar surface area (TPSA) is 74.8 Å². The Labute approximate surface area is 216 Å². The van der Waals surface area contributed by atoms with E-state index in [1.54, 1.807) is 24.1 Å². The summed E-state index contributed by atoms with van der Waals surface area (Å²) < 4.78 is 5.34.